The number of allylic oxidation sites excluding steroid dienone is 1. The summed E-state index contributed by atoms with van der Waals surface area (Å²) < 4.78 is 8.05. The number of ketones is 1. The van der Waals surface area contributed by atoms with E-state index in [1.165, 1.54) is 24.2 Å². The maximum absolute atomic E-state index is 12.5. The Morgan fingerprint density at radius 3 is 2.70 bits per heavy atom. The third kappa shape index (κ3) is 6.32. The Labute approximate surface area is 198 Å². The highest BCUT2D eigenvalue weighted by Crippen LogP contribution is 2.27. The molecule has 7 nitrogen and oxygen atoms in total. The van der Waals surface area contributed by atoms with Crippen molar-refractivity contribution >= 4 is 29.1 Å². The number of hydrogen-bond donors (Lipinski definition) is 1. The highest BCUT2D eigenvalue weighted by atomic mass is 32.2. The van der Waals surface area contributed by atoms with Crippen LogP contribution in [0.4, 0.5) is 5.69 Å². The maximum Gasteiger partial charge on any atom is 0.234 e. The van der Waals surface area contributed by atoms with Gasteiger partial charge in [0.2, 0.25) is 5.91 Å². The number of ether oxygens (including phenoxy) is 1. The van der Waals surface area contributed by atoms with Crippen molar-refractivity contribution in [2.75, 3.05) is 11.1 Å². The lowest BCUT2D eigenvalue weighted by molar-refractivity contribution is -0.113. The second-order valence-corrected chi connectivity index (χ2v) is 8.69. The second-order valence-electron chi connectivity index (χ2n) is 7.74. The van der Waals surface area contributed by atoms with Gasteiger partial charge in [0.1, 0.15) is 5.75 Å². The van der Waals surface area contributed by atoms with Gasteiger partial charge in [0.25, 0.3) is 0 Å². The molecule has 1 N–H and O–H groups in total. The first-order valence-corrected chi connectivity index (χ1v) is 11.6. The van der Waals surface area contributed by atoms with Gasteiger partial charge in [0, 0.05) is 17.8 Å². The van der Waals surface area contributed by atoms with Gasteiger partial charge in [-0.2, -0.15) is 0 Å². The summed E-state index contributed by atoms with van der Waals surface area (Å²) >= 11 is 1.28. The summed E-state index contributed by atoms with van der Waals surface area (Å²) in [6.45, 7) is 11.8. The Balaban J connectivity index is 1.68. The number of amides is 1. The van der Waals surface area contributed by atoms with E-state index in [1.807, 2.05) is 37.5 Å². The molecule has 0 radical (unpaired) electrons. The average molecular weight is 465 g/mol. The van der Waals surface area contributed by atoms with E-state index < -0.39 is 0 Å². The van der Waals surface area contributed by atoms with E-state index in [0.29, 0.717) is 28.8 Å². The quantitative estimate of drug-likeness (QED) is 0.254. The van der Waals surface area contributed by atoms with E-state index >= 15 is 0 Å². The van der Waals surface area contributed by atoms with Crippen molar-refractivity contribution in [3.63, 3.8) is 0 Å². The Hall–Kier alpha value is -3.39. The van der Waals surface area contributed by atoms with Gasteiger partial charge in [-0.3, -0.25) is 14.2 Å². The number of thioether (sulfide) groups is 1. The van der Waals surface area contributed by atoms with Crippen LogP contribution < -0.4 is 10.1 Å². The molecule has 0 saturated heterocycles. The minimum atomic E-state index is -0.337. The minimum absolute atomic E-state index is 0.0531. The number of nitrogens with zero attached hydrogens (tertiary/aromatic N) is 3. The van der Waals surface area contributed by atoms with Crippen molar-refractivity contribution in [2.24, 2.45) is 0 Å². The lowest BCUT2D eigenvalue weighted by atomic mass is 10.1. The van der Waals surface area contributed by atoms with Gasteiger partial charge in [-0.05, 0) is 51.5 Å². The van der Waals surface area contributed by atoms with Gasteiger partial charge in [-0.15, -0.1) is 16.8 Å². The number of hydrogen-bond acceptors (Lipinski definition) is 6. The molecule has 0 aliphatic carbocycles. The van der Waals surface area contributed by atoms with Crippen LogP contribution in [0.1, 0.15) is 47.3 Å². The predicted molar refractivity (Wildman–Crippen MR) is 131 cm³/mol. The molecule has 1 amide bonds. The highest BCUT2D eigenvalue weighted by Gasteiger charge is 2.20. The number of Topliss-reactive ketones (excluding diaryl/α,β-unsaturated/α-hetero) is 1. The van der Waals surface area contributed by atoms with Crippen molar-refractivity contribution in [3.8, 4) is 5.75 Å². The van der Waals surface area contributed by atoms with Crippen molar-refractivity contribution < 1.29 is 14.3 Å². The first kappa shape index (κ1) is 24.3. The molecule has 8 heteroatoms. The smallest absolute Gasteiger partial charge is 0.234 e. The van der Waals surface area contributed by atoms with Crippen molar-refractivity contribution in [2.45, 2.75) is 45.5 Å². The third-order valence-corrected chi connectivity index (χ3v) is 5.91. The average Bonchev–Trinajstić information content (AvgIpc) is 3.17. The zero-order valence-electron chi connectivity index (χ0n) is 19.3. The maximum atomic E-state index is 12.5. The molecule has 1 atom stereocenters. The third-order valence-electron chi connectivity index (χ3n) is 4.94. The monoisotopic (exact) mass is 464 g/mol. The van der Waals surface area contributed by atoms with E-state index in [9.17, 15) is 9.59 Å². The molecule has 33 heavy (non-hydrogen) atoms. The van der Waals surface area contributed by atoms with Crippen LogP contribution in [0.25, 0.3) is 0 Å². The van der Waals surface area contributed by atoms with Gasteiger partial charge in [0.15, 0.2) is 22.9 Å². The number of rotatable bonds is 10. The Bertz CT molecular complexity index is 1170. The molecule has 3 aromatic rings. The number of anilines is 1. The second kappa shape index (κ2) is 11.0. The topological polar surface area (TPSA) is 86.1 Å². The summed E-state index contributed by atoms with van der Waals surface area (Å²) in [7, 11) is 0. The van der Waals surface area contributed by atoms with Crippen molar-refractivity contribution in [1.29, 1.82) is 0 Å². The first-order valence-electron chi connectivity index (χ1n) is 10.6. The molecule has 0 aliphatic heterocycles. The molecule has 0 bridgehead atoms. The molecular formula is C25H28N4O3S. The fourth-order valence-electron chi connectivity index (χ4n) is 3.33. The first-order chi connectivity index (χ1) is 15.8. The molecule has 1 unspecified atom stereocenters. The zero-order valence-corrected chi connectivity index (χ0v) is 20.1. The number of nitrogens with one attached hydrogen (secondary N) is 1. The van der Waals surface area contributed by atoms with Gasteiger partial charge in [-0.25, -0.2) is 0 Å². The molecule has 0 saturated carbocycles. The molecular weight excluding hydrogens is 436 g/mol. The summed E-state index contributed by atoms with van der Waals surface area (Å²) in [4.78, 5) is 24.0. The SMILES string of the molecule is C=CCn1c(SCC(=O)Nc2cccc(C(C)=O)c2)nnc1C(C)Oc1ccc(C)cc1C. The molecule has 172 valence electrons. The minimum Gasteiger partial charge on any atom is -0.482 e. The highest BCUT2D eigenvalue weighted by molar-refractivity contribution is 7.99. The van der Waals surface area contributed by atoms with E-state index in [-0.39, 0.29) is 23.5 Å². The summed E-state index contributed by atoms with van der Waals surface area (Å²) in [6, 6.07) is 12.9. The standard InChI is InChI=1S/C25H28N4O3S/c1-6-12-29-24(19(5)32-22-11-10-16(2)13-17(22)3)27-28-25(29)33-15-23(31)26-21-9-7-8-20(14-21)18(4)30/h6-11,13-14,19H,1,12,15H2,2-5H3,(H,26,31). The summed E-state index contributed by atoms with van der Waals surface area (Å²) in [5.74, 6) is 1.35. The summed E-state index contributed by atoms with van der Waals surface area (Å²) in [5, 5.41) is 12.0. The Morgan fingerprint density at radius 1 is 1.21 bits per heavy atom. The van der Waals surface area contributed by atoms with Crippen LogP contribution in [0, 0.1) is 13.8 Å². The van der Waals surface area contributed by atoms with Crippen LogP contribution in [0.2, 0.25) is 0 Å². The number of benzene rings is 2. The van der Waals surface area contributed by atoms with Crippen LogP contribution in [-0.2, 0) is 11.3 Å². The number of aryl methyl sites for hydroxylation is 2. The van der Waals surface area contributed by atoms with E-state index in [4.69, 9.17) is 4.74 Å². The number of carbonyl (C=O) groups excluding carboxylic acids is 2. The van der Waals surface area contributed by atoms with Gasteiger partial charge < -0.3 is 10.1 Å². The van der Waals surface area contributed by atoms with Crippen LogP contribution in [0.15, 0.2) is 60.3 Å². The molecule has 3 rings (SSSR count). The molecule has 0 aliphatic rings. The van der Waals surface area contributed by atoms with Crippen LogP contribution >= 0.6 is 11.8 Å². The molecule has 0 fully saturated rings. The normalized spacial score (nSPS) is 11.6. The Kier molecular flexibility index (Phi) is 8.06. The molecule has 0 spiro atoms. The molecule has 1 heterocycles. The van der Waals surface area contributed by atoms with Crippen LogP contribution in [0.5, 0.6) is 5.75 Å². The zero-order chi connectivity index (χ0) is 24.0. The van der Waals surface area contributed by atoms with Crippen molar-refractivity contribution in [3.05, 3.63) is 77.6 Å². The summed E-state index contributed by atoms with van der Waals surface area (Å²) in [6.07, 6.45) is 1.42. The molecule has 2 aromatic carbocycles. The van der Waals surface area contributed by atoms with Gasteiger partial charge in [0.05, 0.1) is 5.75 Å². The van der Waals surface area contributed by atoms with Crippen LogP contribution in [-0.4, -0.2) is 32.2 Å². The predicted octanol–water partition coefficient (Wildman–Crippen LogP) is 5.15. The van der Waals surface area contributed by atoms with E-state index in [2.05, 4.69) is 28.2 Å². The largest absolute Gasteiger partial charge is 0.482 e. The lowest BCUT2D eigenvalue weighted by Gasteiger charge is -2.17. The van der Waals surface area contributed by atoms with Crippen LogP contribution in [0.3, 0.4) is 0 Å². The lowest BCUT2D eigenvalue weighted by Crippen LogP contribution is -2.16. The fourth-order valence-corrected chi connectivity index (χ4v) is 4.08. The van der Waals surface area contributed by atoms with E-state index in [0.717, 1.165) is 11.3 Å². The summed E-state index contributed by atoms with van der Waals surface area (Å²) in [5.41, 5.74) is 3.36. The van der Waals surface area contributed by atoms with E-state index in [1.54, 1.807) is 30.3 Å². The molecule has 1 aromatic heterocycles. The number of carbonyl (C=O) groups is 2. The fraction of sp³-hybridized carbons (Fsp3) is 0.280. The van der Waals surface area contributed by atoms with Crippen molar-refractivity contribution in [1.82, 2.24) is 14.8 Å². The van der Waals surface area contributed by atoms with Gasteiger partial charge >= 0.3 is 0 Å². The Morgan fingerprint density at radius 2 is 2.00 bits per heavy atom. The van der Waals surface area contributed by atoms with Gasteiger partial charge in [-0.1, -0.05) is 47.7 Å². The number of aromatic nitrogens is 3.